The fraction of sp³-hybridized carbons (Fsp3) is 0.538. The summed E-state index contributed by atoms with van der Waals surface area (Å²) in [5.41, 5.74) is 0.505. The zero-order valence-corrected chi connectivity index (χ0v) is 10.2. The molecular formula is C13H16FN3O. The van der Waals surface area contributed by atoms with Crippen LogP contribution < -0.4 is 5.32 Å². The minimum atomic E-state index is -0.438. The molecule has 2 amide bonds. The molecule has 1 aromatic rings. The molecule has 2 fully saturated rings. The van der Waals surface area contributed by atoms with Crippen molar-refractivity contribution in [3.8, 4) is 0 Å². The molecule has 1 N–H and O–H groups in total. The molecule has 3 rings (SSSR count). The first-order valence-electron chi connectivity index (χ1n) is 6.39. The van der Waals surface area contributed by atoms with Crippen LogP contribution in [0.15, 0.2) is 18.5 Å². The van der Waals surface area contributed by atoms with Gasteiger partial charge in [-0.05, 0) is 19.3 Å². The number of rotatable bonds is 1. The van der Waals surface area contributed by atoms with E-state index < -0.39 is 5.82 Å². The molecule has 1 saturated carbocycles. The Bertz CT molecular complexity index is 471. The molecule has 2 aliphatic rings. The Morgan fingerprint density at radius 1 is 1.33 bits per heavy atom. The van der Waals surface area contributed by atoms with Crippen molar-refractivity contribution in [2.24, 2.45) is 0 Å². The number of nitrogens with one attached hydrogen (secondary N) is 1. The van der Waals surface area contributed by atoms with Crippen molar-refractivity contribution in [3.05, 3.63) is 24.3 Å². The smallest absolute Gasteiger partial charge is 0.319 e. The van der Waals surface area contributed by atoms with Gasteiger partial charge in [0.25, 0.3) is 0 Å². The summed E-state index contributed by atoms with van der Waals surface area (Å²) in [6.45, 7) is 0.800. The summed E-state index contributed by atoms with van der Waals surface area (Å²) in [4.78, 5) is 17.7. The maximum atomic E-state index is 13.0. The number of likely N-dealkylation sites (tertiary alicyclic amines) is 1. The molecule has 96 valence electrons. The standard InChI is InChI=1S/C13H16FN3O/c14-10-7-11(9-15-8-10)16-12(18)17-6-5-13(17)3-1-2-4-13/h7-9H,1-6H2,(H,16,18). The Hall–Kier alpha value is -1.65. The first kappa shape index (κ1) is 11.4. The molecule has 5 heteroatoms. The minimum absolute atomic E-state index is 0.0881. The van der Waals surface area contributed by atoms with Gasteiger partial charge in [-0.1, -0.05) is 12.8 Å². The zero-order chi connectivity index (χ0) is 12.6. The van der Waals surface area contributed by atoms with Gasteiger partial charge in [0, 0.05) is 18.2 Å². The van der Waals surface area contributed by atoms with Crippen LogP contribution in [0.3, 0.4) is 0 Å². The average molecular weight is 249 g/mol. The highest BCUT2D eigenvalue weighted by atomic mass is 19.1. The van der Waals surface area contributed by atoms with Gasteiger partial charge in [-0.25, -0.2) is 9.18 Å². The van der Waals surface area contributed by atoms with Crippen LogP contribution in [0, 0.1) is 5.82 Å². The third-order valence-corrected chi connectivity index (χ3v) is 4.11. The molecule has 0 bridgehead atoms. The number of anilines is 1. The molecule has 18 heavy (non-hydrogen) atoms. The lowest BCUT2D eigenvalue weighted by atomic mass is 9.83. The second-order valence-electron chi connectivity index (χ2n) is 5.16. The van der Waals surface area contributed by atoms with Crippen LogP contribution in [0.1, 0.15) is 32.1 Å². The quantitative estimate of drug-likeness (QED) is 0.831. The van der Waals surface area contributed by atoms with Crippen molar-refractivity contribution in [2.45, 2.75) is 37.6 Å². The largest absolute Gasteiger partial charge is 0.322 e. The number of urea groups is 1. The Labute approximate surface area is 105 Å². The van der Waals surface area contributed by atoms with Crippen molar-refractivity contribution in [1.82, 2.24) is 9.88 Å². The van der Waals surface area contributed by atoms with E-state index in [-0.39, 0.29) is 11.6 Å². The van der Waals surface area contributed by atoms with Crippen LogP contribution in [0.4, 0.5) is 14.9 Å². The van der Waals surface area contributed by atoms with Crippen LogP contribution >= 0.6 is 0 Å². The summed E-state index contributed by atoms with van der Waals surface area (Å²) in [5, 5.41) is 2.72. The van der Waals surface area contributed by atoms with Gasteiger partial charge in [0.15, 0.2) is 0 Å². The second kappa shape index (κ2) is 4.23. The Balaban J connectivity index is 1.68. The number of hydrogen-bond donors (Lipinski definition) is 1. The highest BCUT2D eigenvalue weighted by Gasteiger charge is 2.48. The molecule has 1 spiro atoms. The van der Waals surface area contributed by atoms with E-state index in [1.807, 2.05) is 4.90 Å². The number of aromatic nitrogens is 1. The SMILES string of the molecule is O=C(Nc1cncc(F)c1)N1CCC12CCCC2. The Morgan fingerprint density at radius 3 is 2.72 bits per heavy atom. The van der Waals surface area contributed by atoms with Gasteiger partial charge in [0.1, 0.15) is 5.82 Å². The van der Waals surface area contributed by atoms with Crippen molar-refractivity contribution >= 4 is 11.7 Å². The molecule has 1 saturated heterocycles. The molecule has 0 radical (unpaired) electrons. The predicted molar refractivity (Wildman–Crippen MR) is 65.7 cm³/mol. The fourth-order valence-corrected chi connectivity index (χ4v) is 3.08. The van der Waals surface area contributed by atoms with Crippen LogP contribution in [0.5, 0.6) is 0 Å². The average Bonchev–Trinajstić information content (AvgIpc) is 2.78. The summed E-state index contributed by atoms with van der Waals surface area (Å²) in [6, 6.07) is 1.15. The van der Waals surface area contributed by atoms with Crippen molar-refractivity contribution < 1.29 is 9.18 Å². The number of hydrogen-bond acceptors (Lipinski definition) is 2. The number of pyridine rings is 1. The van der Waals surface area contributed by atoms with Gasteiger partial charge in [-0.3, -0.25) is 4.98 Å². The highest BCUT2D eigenvalue weighted by Crippen LogP contribution is 2.44. The van der Waals surface area contributed by atoms with Gasteiger partial charge in [0.05, 0.1) is 18.1 Å². The van der Waals surface area contributed by atoms with Crippen molar-refractivity contribution in [2.75, 3.05) is 11.9 Å². The van der Waals surface area contributed by atoms with Gasteiger partial charge < -0.3 is 10.2 Å². The first-order chi connectivity index (χ1) is 8.70. The number of carbonyl (C=O) groups is 1. The second-order valence-corrected chi connectivity index (χ2v) is 5.16. The van der Waals surface area contributed by atoms with E-state index in [2.05, 4.69) is 10.3 Å². The van der Waals surface area contributed by atoms with E-state index in [4.69, 9.17) is 0 Å². The number of amides is 2. The maximum Gasteiger partial charge on any atom is 0.322 e. The monoisotopic (exact) mass is 249 g/mol. The van der Waals surface area contributed by atoms with Crippen molar-refractivity contribution in [3.63, 3.8) is 0 Å². The van der Waals surface area contributed by atoms with E-state index in [1.165, 1.54) is 25.1 Å². The predicted octanol–water partition coefficient (Wildman–Crippen LogP) is 2.77. The van der Waals surface area contributed by atoms with Crippen molar-refractivity contribution in [1.29, 1.82) is 0 Å². The lowest BCUT2D eigenvalue weighted by Crippen LogP contribution is -2.61. The van der Waals surface area contributed by atoms with Gasteiger partial charge >= 0.3 is 6.03 Å². The van der Waals surface area contributed by atoms with Crippen LogP contribution in [0.2, 0.25) is 0 Å². The zero-order valence-electron chi connectivity index (χ0n) is 10.2. The molecule has 0 aromatic carbocycles. The summed E-state index contributed by atoms with van der Waals surface area (Å²) in [7, 11) is 0. The lowest BCUT2D eigenvalue weighted by Gasteiger charge is -2.50. The van der Waals surface area contributed by atoms with Gasteiger partial charge in [0.2, 0.25) is 0 Å². The summed E-state index contributed by atoms with van der Waals surface area (Å²) in [6.07, 6.45) is 8.28. The van der Waals surface area contributed by atoms with E-state index >= 15 is 0 Å². The maximum absolute atomic E-state index is 13.0. The number of carbonyl (C=O) groups excluding carboxylic acids is 1. The molecule has 4 nitrogen and oxygen atoms in total. The molecule has 1 aliphatic heterocycles. The fourth-order valence-electron chi connectivity index (χ4n) is 3.08. The first-order valence-corrected chi connectivity index (χ1v) is 6.39. The van der Waals surface area contributed by atoms with Crippen LogP contribution in [0.25, 0.3) is 0 Å². The topological polar surface area (TPSA) is 45.2 Å². The van der Waals surface area contributed by atoms with E-state index in [0.29, 0.717) is 5.69 Å². The van der Waals surface area contributed by atoms with E-state index in [1.54, 1.807) is 0 Å². The summed E-state index contributed by atoms with van der Waals surface area (Å²) < 4.78 is 13.0. The van der Waals surface area contributed by atoms with Gasteiger partial charge in [-0.15, -0.1) is 0 Å². The molecule has 0 unspecified atom stereocenters. The van der Waals surface area contributed by atoms with Gasteiger partial charge in [-0.2, -0.15) is 0 Å². The van der Waals surface area contributed by atoms with E-state index in [9.17, 15) is 9.18 Å². The Morgan fingerprint density at radius 2 is 2.11 bits per heavy atom. The van der Waals surface area contributed by atoms with Crippen LogP contribution in [-0.2, 0) is 0 Å². The normalized spacial score (nSPS) is 20.8. The molecule has 2 heterocycles. The third-order valence-electron chi connectivity index (χ3n) is 4.11. The number of nitrogens with zero attached hydrogens (tertiary/aromatic N) is 2. The molecule has 1 aliphatic carbocycles. The van der Waals surface area contributed by atoms with Crippen LogP contribution in [-0.4, -0.2) is 28.0 Å². The summed E-state index contributed by atoms with van der Waals surface area (Å²) in [5.74, 6) is -0.438. The third kappa shape index (κ3) is 1.83. The summed E-state index contributed by atoms with van der Waals surface area (Å²) >= 11 is 0. The lowest BCUT2D eigenvalue weighted by molar-refractivity contribution is 0.0358. The van der Waals surface area contributed by atoms with E-state index in [0.717, 1.165) is 32.0 Å². The molecule has 1 aromatic heterocycles. The highest BCUT2D eigenvalue weighted by molar-refractivity contribution is 5.90. The Kier molecular flexibility index (Phi) is 2.69. The number of halogens is 1. The minimum Gasteiger partial charge on any atom is -0.319 e. The molecule has 0 atom stereocenters. The molecular weight excluding hydrogens is 233 g/mol.